The quantitative estimate of drug-likeness (QED) is 0.653. The van der Waals surface area contributed by atoms with E-state index in [1.165, 1.54) is 25.3 Å². The number of rotatable bonds is 6. The number of benzene rings is 2. The molecule has 1 amide bonds. The van der Waals surface area contributed by atoms with Gasteiger partial charge in [-0.15, -0.1) is 0 Å². The van der Waals surface area contributed by atoms with Crippen molar-refractivity contribution in [2.24, 2.45) is 0 Å². The molecule has 2 rings (SSSR count). The minimum atomic E-state index is -0.557. The van der Waals surface area contributed by atoms with Gasteiger partial charge in [0, 0.05) is 18.7 Å². The van der Waals surface area contributed by atoms with E-state index in [2.05, 4.69) is 5.32 Å². The fourth-order valence-electron chi connectivity index (χ4n) is 2.05. The highest BCUT2D eigenvalue weighted by Crippen LogP contribution is 2.24. The van der Waals surface area contributed by atoms with E-state index in [1.807, 2.05) is 12.1 Å². The molecule has 120 valence electrons. The van der Waals surface area contributed by atoms with Crippen LogP contribution >= 0.6 is 0 Å². The molecule has 7 nitrogen and oxygen atoms in total. The average Bonchev–Trinajstić information content (AvgIpc) is 2.59. The summed E-state index contributed by atoms with van der Waals surface area (Å²) in [4.78, 5) is 22.6. The number of nitrogens with zero attached hydrogens (tertiary/aromatic N) is 1. The lowest BCUT2D eigenvalue weighted by Gasteiger charge is -2.10. The first-order valence-electron chi connectivity index (χ1n) is 6.78. The maximum atomic E-state index is 12.3. The minimum absolute atomic E-state index is 0.115. The lowest BCUT2D eigenvalue weighted by Crippen LogP contribution is -2.23. The number of amides is 1. The molecule has 0 saturated carbocycles. The normalized spacial score (nSPS) is 10.0. The number of methoxy groups -OCH3 is 2. The Hall–Kier alpha value is -3.09. The van der Waals surface area contributed by atoms with Crippen LogP contribution in [0.1, 0.15) is 15.9 Å². The number of nitro benzene ring substituents is 1. The van der Waals surface area contributed by atoms with Crippen LogP contribution in [0.2, 0.25) is 0 Å². The Morgan fingerprint density at radius 1 is 1.17 bits per heavy atom. The summed E-state index contributed by atoms with van der Waals surface area (Å²) in [5, 5.41) is 13.6. The number of carbonyl (C=O) groups excluding carboxylic acids is 1. The maximum absolute atomic E-state index is 12.3. The maximum Gasteiger partial charge on any atom is 0.270 e. The summed E-state index contributed by atoms with van der Waals surface area (Å²) >= 11 is 0. The smallest absolute Gasteiger partial charge is 0.270 e. The zero-order valence-corrected chi connectivity index (χ0v) is 12.7. The van der Waals surface area contributed by atoms with E-state index in [9.17, 15) is 14.9 Å². The predicted molar refractivity (Wildman–Crippen MR) is 83.8 cm³/mol. The second kappa shape index (κ2) is 7.26. The number of non-ortho nitro benzene ring substituents is 1. The summed E-state index contributed by atoms with van der Waals surface area (Å²) in [6.07, 6.45) is 0. The Balaban J connectivity index is 2.16. The molecule has 0 heterocycles. The van der Waals surface area contributed by atoms with Gasteiger partial charge in [0.1, 0.15) is 11.5 Å². The van der Waals surface area contributed by atoms with Crippen LogP contribution in [0.5, 0.6) is 11.5 Å². The monoisotopic (exact) mass is 316 g/mol. The van der Waals surface area contributed by atoms with Gasteiger partial charge in [0.2, 0.25) is 0 Å². The number of nitrogens with one attached hydrogen (secondary N) is 1. The third-order valence-corrected chi connectivity index (χ3v) is 3.23. The van der Waals surface area contributed by atoms with Gasteiger partial charge in [-0.2, -0.15) is 0 Å². The molecule has 0 bridgehead atoms. The molecule has 0 radical (unpaired) electrons. The van der Waals surface area contributed by atoms with Crippen LogP contribution < -0.4 is 14.8 Å². The van der Waals surface area contributed by atoms with E-state index in [0.29, 0.717) is 5.75 Å². The lowest BCUT2D eigenvalue weighted by atomic mass is 10.1. The SMILES string of the molecule is COc1cccc(CNC(=O)c2cc([N+](=O)[O-])ccc2OC)c1. The fraction of sp³-hybridized carbons (Fsp3) is 0.188. The summed E-state index contributed by atoms with van der Waals surface area (Å²) in [7, 11) is 2.96. The van der Waals surface area contributed by atoms with Crippen molar-refractivity contribution in [1.29, 1.82) is 0 Å². The van der Waals surface area contributed by atoms with Gasteiger partial charge in [-0.3, -0.25) is 14.9 Å². The molecule has 23 heavy (non-hydrogen) atoms. The molecule has 0 aliphatic carbocycles. The molecule has 0 atom stereocenters. The van der Waals surface area contributed by atoms with Crippen LogP contribution in [0.3, 0.4) is 0 Å². The molecule has 2 aromatic rings. The Kier molecular flexibility index (Phi) is 5.14. The molecule has 0 aromatic heterocycles. The Bertz CT molecular complexity index is 730. The summed E-state index contributed by atoms with van der Waals surface area (Å²) < 4.78 is 10.2. The molecule has 0 aliphatic rings. The number of nitro groups is 1. The Morgan fingerprint density at radius 3 is 2.61 bits per heavy atom. The van der Waals surface area contributed by atoms with Crippen LogP contribution in [0.15, 0.2) is 42.5 Å². The summed E-state index contributed by atoms with van der Waals surface area (Å²) in [5.74, 6) is 0.511. The highest BCUT2D eigenvalue weighted by Gasteiger charge is 2.17. The largest absolute Gasteiger partial charge is 0.497 e. The number of hydrogen-bond donors (Lipinski definition) is 1. The molecule has 0 aliphatic heterocycles. The van der Waals surface area contributed by atoms with Gasteiger partial charge < -0.3 is 14.8 Å². The van der Waals surface area contributed by atoms with Crippen LogP contribution in [0.25, 0.3) is 0 Å². The van der Waals surface area contributed by atoms with Crippen molar-refractivity contribution < 1.29 is 19.2 Å². The molecule has 0 spiro atoms. The minimum Gasteiger partial charge on any atom is -0.497 e. The molecular weight excluding hydrogens is 300 g/mol. The van der Waals surface area contributed by atoms with Gasteiger partial charge >= 0.3 is 0 Å². The van der Waals surface area contributed by atoms with Crippen LogP contribution in [0.4, 0.5) is 5.69 Å². The van der Waals surface area contributed by atoms with Gasteiger partial charge in [0.05, 0.1) is 24.7 Å². The zero-order chi connectivity index (χ0) is 16.8. The van der Waals surface area contributed by atoms with Gasteiger partial charge in [-0.25, -0.2) is 0 Å². The van der Waals surface area contributed by atoms with E-state index in [-0.39, 0.29) is 23.5 Å². The van der Waals surface area contributed by atoms with Crippen molar-refractivity contribution in [2.75, 3.05) is 14.2 Å². The first kappa shape index (κ1) is 16.3. The second-order valence-electron chi connectivity index (χ2n) is 4.68. The average molecular weight is 316 g/mol. The Morgan fingerprint density at radius 2 is 1.96 bits per heavy atom. The first-order chi connectivity index (χ1) is 11.0. The molecule has 7 heteroatoms. The number of hydrogen-bond acceptors (Lipinski definition) is 5. The molecular formula is C16H16N2O5. The van der Waals surface area contributed by atoms with Crippen molar-refractivity contribution >= 4 is 11.6 Å². The van der Waals surface area contributed by atoms with Gasteiger partial charge in [0.15, 0.2) is 0 Å². The van der Waals surface area contributed by atoms with E-state index >= 15 is 0 Å². The Labute approximate surface area is 133 Å². The van der Waals surface area contributed by atoms with Gasteiger partial charge in [-0.1, -0.05) is 12.1 Å². The fourth-order valence-corrected chi connectivity index (χ4v) is 2.05. The predicted octanol–water partition coefficient (Wildman–Crippen LogP) is 2.54. The summed E-state index contributed by atoms with van der Waals surface area (Å²) in [5.41, 5.74) is 0.795. The van der Waals surface area contributed by atoms with E-state index in [4.69, 9.17) is 9.47 Å². The highest BCUT2D eigenvalue weighted by molar-refractivity contribution is 5.97. The van der Waals surface area contributed by atoms with Crippen LogP contribution in [0, 0.1) is 10.1 Å². The standard InChI is InChI=1S/C16H16N2O5/c1-22-13-5-3-4-11(8-13)10-17-16(19)14-9-12(18(20)21)6-7-15(14)23-2/h3-9H,10H2,1-2H3,(H,17,19). The third kappa shape index (κ3) is 3.97. The number of ether oxygens (including phenoxy) is 2. The van der Waals surface area contributed by atoms with Crippen LogP contribution in [-0.2, 0) is 6.54 Å². The van der Waals surface area contributed by atoms with E-state index < -0.39 is 10.8 Å². The third-order valence-electron chi connectivity index (χ3n) is 3.23. The highest BCUT2D eigenvalue weighted by atomic mass is 16.6. The van der Waals surface area contributed by atoms with Crippen LogP contribution in [-0.4, -0.2) is 25.1 Å². The molecule has 2 aromatic carbocycles. The van der Waals surface area contributed by atoms with Gasteiger partial charge in [-0.05, 0) is 23.8 Å². The lowest BCUT2D eigenvalue weighted by molar-refractivity contribution is -0.384. The first-order valence-corrected chi connectivity index (χ1v) is 6.78. The van der Waals surface area contributed by atoms with E-state index in [0.717, 1.165) is 5.56 Å². The second-order valence-corrected chi connectivity index (χ2v) is 4.68. The topological polar surface area (TPSA) is 90.7 Å². The molecule has 0 unspecified atom stereocenters. The zero-order valence-electron chi connectivity index (χ0n) is 12.7. The van der Waals surface area contributed by atoms with Crippen molar-refractivity contribution in [3.8, 4) is 11.5 Å². The molecule has 1 N–H and O–H groups in total. The van der Waals surface area contributed by atoms with Crippen molar-refractivity contribution in [2.45, 2.75) is 6.54 Å². The van der Waals surface area contributed by atoms with E-state index in [1.54, 1.807) is 19.2 Å². The summed E-state index contributed by atoms with van der Waals surface area (Å²) in [6.45, 7) is 0.266. The van der Waals surface area contributed by atoms with Crippen molar-refractivity contribution in [1.82, 2.24) is 5.32 Å². The van der Waals surface area contributed by atoms with Gasteiger partial charge in [0.25, 0.3) is 11.6 Å². The molecule has 0 saturated heterocycles. The molecule has 0 fully saturated rings. The van der Waals surface area contributed by atoms with Crippen molar-refractivity contribution in [3.05, 3.63) is 63.7 Å². The number of carbonyl (C=O) groups is 1. The summed E-state index contributed by atoms with van der Waals surface area (Å²) in [6, 6.07) is 11.1. The van der Waals surface area contributed by atoms with Crippen molar-refractivity contribution in [3.63, 3.8) is 0 Å².